The first-order valence-electron chi connectivity index (χ1n) is 7.38. The van der Waals surface area contributed by atoms with Crippen molar-refractivity contribution in [2.45, 2.75) is 23.4 Å². The molecule has 14 heteroatoms. The van der Waals surface area contributed by atoms with Crippen LogP contribution in [0.4, 0.5) is 16.6 Å². The molecular weight excluding hydrogens is 425 g/mol. The Balaban J connectivity index is 1.92. The zero-order valence-electron chi connectivity index (χ0n) is 13.8. The van der Waals surface area contributed by atoms with Crippen LogP contribution in [-0.2, 0) is 11.3 Å². The van der Waals surface area contributed by atoms with Crippen molar-refractivity contribution in [2.75, 3.05) is 11.9 Å². The standard InChI is InChI=1S/C13H14Cl3N7O4/c1-8-19-7-9(23(25)26)22(8)5-6-27-12(24)21-10(13(14,15)16)20-11-17-3-2-4-18-11/h2-4,7,10H,5-6H2,1H3,(H,21,24)(H,17,18,20). The number of hydrogen-bond acceptors (Lipinski definition) is 8. The third-order valence-electron chi connectivity index (χ3n) is 3.20. The molecule has 1 amide bonds. The van der Waals surface area contributed by atoms with E-state index in [-0.39, 0.29) is 24.9 Å². The SMILES string of the molecule is Cc1ncc([N+](=O)[O-])n1CCOC(=O)NC(Nc1ncccn1)C(Cl)(Cl)Cl. The third-order valence-corrected chi connectivity index (χ3v) is 3.85. The van der Waals surface area contributed by atoms with E-state index < -0.39 is 21.0 Å². The van der Waals surface area contributed by atoms with Crippen LogP contribution >= 0.6 is 34.8 Å². The summed E-state index contributed by atoms with van der Waals surface area (Å²) in [6.45, 7) is 1.46. The zero-order chi connectivity index (χ0) is 20.0. The molecule has 2 heterocycles. The van der Waals surface area contributed by atoms with Crippen LogP contribution in [0.2, 0.25) is 0 Å². The van der Waals surface area contributed by atoms with E-state index in [2.05, 4.69) is 25.6 Å². The number of amides is 1. The lowest BCUT2D eigenvalue weighted by atomic mass is 10.5. The van der Waals surface area contributed by atoms with E-state index >= 15 is 0 Å². The number of rotatable bonds is 7. The van der Waals surface area contributed by atoms with Crippen LogP contribution in [-0.4, -0.2) is 47.1 Å². The Hall–Kier alpha value is -2.37. The zero-order valence-corrected chi connectivity index (χ0v) is 16.1. The second-order valence-electron chi connectivity index (χ2n) is 5.04. The molecule has 0 aliphatic rings. The molecule has 0 aliphatic heterocycles. The number of halogens is 3. The molecule has 27 heavy (non-hydrogen) atoms. The number of nitrogens with one attached hydrogen (secondary N) is 2. The van der Waals surface area contributed by atoms with Crippen molar-refractivity contribution in [3.8, 4) is 0 Å². The van der Waals surface area contributed by atoms with Crippen LogP contribution in [0, 0.1) is 17.0 Å². The maximum Gasteiger partial charge on any atom is 0.409 e. The van der Waals surface area contributed by atoms with Gasteiger partial charge in [-0.1, -0.05) is 34.8 Å². The van der Waals surface area contributed by atoms with Gasteiger partial charge in [0.1, 0.15) is 19.3 Å². The molecule has 2 rings (SSSR count). The minimum atomic E-state index is -1.93. The highest BCUT2D eigenvalue weighted by atomic mass is 35.6. The highest BCUT2D eigenvalue weighted by molar-refractivity contribution is 6.68. The highest BCUT2D eigenvalue weighted by Gasteiger charge is 2.35. The Kier molecular flexibility index (Phi) is 6.99. The van der Waals surface area contributed by atoms with Crippen LogP contribution in [0.5, 0.6) is 0 Å². The van der Waals surface area contributed by atoms with Gasteiger partial charge in [0.25, 0.3) is 0 Å². The predicted molar refractivity (Wildman–Crippen MR) is 97.8 cm³/mol. The van der Waals surface area contributed by atoms with Gasteiger partial charge in [-0.25, -0.2) is 24.3 Å². The van der Waals surface area contributed by atoms with Crippen molar-refractivity contribution < 1.29 is 14.5 Å². The first-order valence-corrected chi connectivity index (χ1v) is 8.52. The summed E-state index contributed by atoms with van der Waals surface area (Å²) in [6, 6.07) is 1.59. The Morgan fingerprint density at radius 1 is 1.37 bits per heavy atom. The first kappa shape index (κ1) is 20.9. The van der Waals surface area contributed by atoms with Gasteiger partial charge in [-0.3, -0.25) is 5.32 Å². The topological polar surface area (TPSA) is 137 Å². The number of nitrogens with zero attached hydrogens (tertiary/aromatic N) is 5. The molecule has 0 radical (unpaired) electrons. The Morgan fingerprint density at radius 2 is 2.04 bits per heavy atom. The van der Waals surface area contributed by atoms with E-state index in [1.54, 1.807) is 13.0 Å². The molecule has 2 aromatic rings. The molecule has 0 saturated heterocycles. The quantitative estimate of drug-likeness (QED) is 0.291. The average molecular weight is 439 g/mol. The Bertz CT molecular complexity index is 797. The summed E-state index contributed by atoms with van der Waals surface area (Å²) >= 11 is 17.5. The second kappa shape index (κ2) is 9.02. The smallest absolute Gasteiger partial charge is 0.409 e. The fourth-order valence-corrected chi connectivity index (χ4v) is 2.30. The summed E-state index contributed by atoms with van der Waals surface area (Å²) in [4.78, 5) is 34.0. The van der Waals surface area contributed by atoms with Crippen molar-refractivity contribution >= 4 is 52.7 Å². The van der Waals surface area contributed by atoms with Crippen LogP contribution in [0.25, 0.3) is 0 Å². The fraction of sp³-hybridized carbons (Fsp3) is 0.385. The molecule has 2 N–H and O–H groups in total. The molecule has 146 valence electrons. The van der Waals surface area contributed by atoms with E-state index in [9.17, 15) is 14.9 Å². The number of alkyl carbamates (subject to hydrolysis) is 1. The van der Waals surface area contributed by atoms with Crippen LogP contribution < -0.4 is 10.6 Å². The van der Waals surface area contributed by atoms with Crippen molar-refractivity contribution in [3.63, 3.8) is 0 Å². The molecule has 2 aromatic heterocycles. The van der Waals surface area contributed by atoms with Gasteiger partial charge in [0, 0.05) is 19.3 Å². The summed E-state index contributed by atoms with van der Waals surface area (Å²) < 4.78 is 4.36. The molecule has 1 atom stereocenters. The molecule has 0 spiro atoms. The molecule has 0 fully saturated rings. The van der Waals surface area contributed by atoms with Crippen molar-refractivity contribution in [3.05, 3.63) is 40.6 Å². The largest absolute Gasteiger partial charge is 0.445 e. The molecular formula is C13H14Cl3N7O4. The van der Waals surface area contributed by atoms with E-state index in [4.69, 9.17) is 39.5 Å². The fourth-order valence-electron chi connectivity index (χ4n) is 1.97. The van der Waals surface area contributed by atoms with Crippen LogP contribution in [0.1, 0.15) is 5.82 Å². The summed E-state index contributed by atoms with van der Waals surface area (Å²) in [5, 5.41) is 15.9. The monoisotopic (exact) mass is 437 g/mol. The number of hydrogen-bond donors (Lipinski definition) is 2. The Morgan fingerprint density at radius 3 is 2.63 bits per heavy atom. The van der Waals surface area contributed by atoms with Crippen LogP contribution in [0.3, 0.4) is 0 Å². The van der Waals surface area contributed by atoms with Gasteiger partial charge in [-0.05, 0) is 11.0 Å². The van der Waals surface area contributed by atoms with E-state index in [0.29, 0.717) is 5.82 Å². The van der Waals surface area contributed by atoms with E-state index in [0.717, 1.165) is 6.20 Å². The van der Waals surface area contributed by atoms with Gasteiger partial charge in [-0.2, -0.15) is 0 Å². The van der Waals surface area contributed by atoms with Gasteiger partial charge < -0.3 is 20.2 Å². The molecule has 0 aromatic carbocycles. The van der Waals surface area contributed by atoms with Crippen molar-refractivity contribution in [2.24, 2.45) is 0 Å². The van der Waals surface area contributed by atoms with Gasteiger partial charge in [-0.15, -0.1) is 0 Å². The normalized spacial score (nSPS) is 12.3. The lowest BCUT2D eigenvalue weighted by Crippen LogP contribution is -2.49. The molecule has 1 unspecified atom stereocenters. The number of anilines is 1. The van der Waals surface area contributed by atoms with Gasteiger partial charge >= 0.3 is 11.9 Å². The number of ether oxygens (including phenoxy) is 1. The lowest BCUT2D eigenvalue weighted by Gasteiger charge is -2.25. The summed E-state index contributed by atoms with van der Waals surface area (Å²) in [5.74, 6) is 0.324. The second-order valence-corrected chi connectivity index (χ2v) is 7.41. The summed E-state index contributed by atoms with van der Waals surface area (Å²) in [6.07, 6.45) is 1.95. The maximum absolute atomic E-state index is 12.0. The predicted octanol–water partition coefficient (Wildman–Crippen LogP) is 2.42. The molecule has 0 bridgehead atoms. The number of imidazole rings is 1. The van der Waals surface area contributed by atoms with Crippen LogP contribution in [0.15, 0.2) is 24.7 Å². The highest BCUT2D eigenvalue weighted by Crippen LogP contribution is 2.30. The number of aromatic nitrogens is 4. The summed E-state index contributed by atoms with van der Waals surface area (Å²) in [5.41, 5.74) is 0. The molecule has 11 nitrogen and oxygen atoms in total. The van der Waals surface area contributed by atoms with Gasteiger partial charge in [0.05, 0.1) is 0 Å². The van der Waals surface area contributed by atoms with Crippen molar-refractivity contribution in [1.82, 2.24) is 24.8 Å². The average Bonchev–Trinajstić information content (AvgIpc) is 2.95. The Labute approximate surface area is 168 Å². The number of carbonyl (C=O) groups excluding carboxylic acids is 1. The number of carbonyl (C=O) groups is 1. The molecule has 0 aliphatic carbocycles. The van der Waals surface area contributed by atoms with Gasteiger partial charge in [0.2, 0.25) is 9.74 Å². The number of aryl methyl sites for hydroxylation is 1. The molecule has 0 saturated carbocycles. The van der Waals surface area contributed by atoms with Gasteiger partial charge in [0.15, 0.2) is 12.0 Å². The first-order chi connectivity index (χ1) is 12.7. The maximum atomic E-state index is 12.0. The van der Waals surface area contributed by atoms with E-state index in [1.807, 2.05) is 0 Å². The third kappa shape index (κ3) is 6.08. The minimum absolute atomic E-state index is 0.0310. The number of nitro groups is 1. The van der Waals surface area contributed by atoms with E-state index in [1.165, 1.54) is 17.0 Å². The number of alkyl halides is 3. The van der Waals surface area contributed by atoms with Crippen molar-refractivity contribution in [1.29, 1.82) is 0 Å². The minimum Gasteiger partial charge on any atom is -0.445 e. The lowest BCUT2D eigenvalue weighted by molar-refractivity contribution is -0.392. The summed E-state index contributed by atoms with van der Waals surface area (Å²) in [7, 11) is 0.